The highest BCUT2D eigenvalue weighted by atomic mass is 16.2. The summed E-state index contributed by atoms with van der Waals surface area (Å²) < 4.78 is 0. The van der Waals surface area contributed by atoms with Crippen LogP contribution in [-0.4, -0.2) is 28.4 Å². The predicted molar refractivity (Wildman–Crippen MR) is 81.4 cm³/mol. The average molecular weight is 272 g/mol. The van der Waals surface area contributed by atoms with Crippen LogP contribution in [0.15, 0.2) is 30.5 Å². The molecule has 0 spiro atoms. The Kier molecular flexibility index (Phi) is 4.20. The summed E-state index contributed by atoms with van der Waals surface area (Å²) in [6.45, 7) is 6.66. The first-order valence-corrected chi connectivity index (χ1v) is 6.75. The van der Waals surface area contributed by atoms with E-state index in [4.69, 9.17) is 5.84 Å². The van der Waals surface area contributed by atoms with Crippen molar-refractivity contribution in [1.29, 1.82) is 0 Å². The summed E-state index contributed by atoms with van der Waals surface area (Å²) in [5.41, 5.74) is 3.17. The van der Waals surface area contributed by atoms with Gasteiger partial charge in [-0.2, -0.15) is 0 Å². The Morgan fingerprint density at radius 1 is 1.35 bits per heavy atom. The average Bonchev–Trinajstić information content (AvgIpc) is 2.46. The quantitative estimate of drug-likeness (QED) is 0.662. The fraction of sp³-hybridized carbons (Fsp3) is 0.333. The van der Waals surface area contributed by atoms with E-state index in [2.05, 4.69) is 10.4 Å². The van der Waals surface area contributed by atoms with E-state index in [1.807, 2.05) is 49.9 Å². The van der Waals surface area contributed by atoms with Gasteiger partial charge in [-0.1, -0.05) is 24.3 Å². The number of hydrogen-bond acceptors (Lipinski definition) is 4. The summed E-state index contributed by atoms with van der Waals surface area (Å²) >= 11 is 0. The zero-order chi connectivity index (χ0) is 14.7. The van der Waals surface area contributed by atoms with Crippen LogP contribution in [0, 0.1) is 0 Å². The van der Waals surface area contributed by atoms with Crippen molar-refractivity contribution in [3.05, 3.63) is 36.0 Å². The lowest BCUT2D eigenvalue weighted by molar-refractivity contribution is 0.0718. The van der Waals surface area contributed by atoms with Gasteiger partial charge >= 0.3 is 0 Å². The maximum atomic E-state index is 12.7. The molecule has 0 atom stereocenters. The topological polar surface area (TPSA) is 71.2 Å². The van der Waals surface area contributed by atoms with E-state index in [1.54, 1.807) is 6.20 Å². The van der Waals surface area contributed by atoms with E-state index in [0.717, 1.165) is 10.8 Å². The van der Waals surface area contributed by atoms with E-state index < -0.39 is 0 Å². The number of carbonyl (C=O) groups is 1. The van der Waals surface area contributed by atoms with Crippen molar-refractivity contribution in [2.24, 2.45) is 5.84 Å². The van der Waals surface area contributed by atoms with E-state index >= 15 is 0 Å². The van der Waals surface area contributed by atoms with Crippen LogP contribution in [0.25, 0.3) is 10.8 Å². The van der Waals surface area contributed by atoms with Gasteiger partial charge in [-0.3, -0.25) is 4.79 Å². The van der Waals surface area contributed by atoms with Gasteiger partial charge in [0.1, 0.15) is 5.82 Å². The first-order chi connectivity index (χ1) is 9.60. The van der Waals surface area contributed by atoms with Crippen LogP contribution in [0.1, 0.15) is 31.1 Å². The van der Waals surface area contributed by atoms with Crippen molar-refractivity contribution in [1.82, 2.24) is 9.88 Å². The van der Waals surface area contributed by atoms with E-state index in [0.29, 0.717) is 17.9 Å². The number of nitrogens with two attached hydrogens (primary N) is 1. The molecular weight excluding hydrogens is 252 g/mol. The number of nitrogens with one attached hydrogen (secondary N) is 1. The number of fused-ring (bicyclic) bond motifs is 1. The third-order valence-corrected chi connectivity index (χ3v) is 3.39. The Balaban J connectivity index is 2.58. The molecular formula is C15H20N4O. The Morgan fingerprint density at radius 3 is 2.55 bits per heavy atom. The summed E-state index contributed by atoms with van der Waals surface area (Å²) in [6.07, 6.45) is 1.59. The second kappa shape index (κ2) is 5.88. The van der Waals surface area contributed by atoms with E-state index in [9.17, 15) is 4.79 Å². The van der Waals surface area contributed by atoms with Crippen LogP contribution in [0.3, 0.4) is 0 Å². The smallest absolute Gasteiger partial charge is 0.256 e. The Morgan fingerprint density at radius 2 is 2.00 bits per heavy atom. The number of carbonyl (C=O) groups excluding carboxylic acids is 1. The van der Waals surface area contributed by atoms with Crippen LogP contribution in [-0.2, 0) is 0 Å². The number of hydrogen-bond donors (Lipinski definition) is 2. The number of amides is 1. The number of pyridine rings is 1. The van der Waals surface area contributed by atoms with Gasteiger partial charge in [-0.25, -0.2) is 10.8 Å². The Labute approximate surface area is 118 Å². The third-order valence-electron chi connectivity index (χ3n) is 3.39. The molecule has 5 heteroatoms. The molecule has 5 nitrogen and oxygen atoms in total. The van der Waals surface area contributed by atoms with Gasteiger partial charge < -0.3 is 10.3 Å². The van der Waals surface area contributed by atoms with Gasteiger partial charge in [0.2, 0.25) is 0 Å². The lowest BCUT2D eigenvalue weighted by Crippen LogP contribution is -2.36. The first kappa shape index (κ1) is 14.3. The molecule has 0 saturated heterocycles. The molecule has 0 aliphatic rings. The van der Waals surface area contributed by atoms with Gasteiger partial charge in [-0.05, 0) is 26.2 Å². The summed E-state index contributed by atoms with van der Waals surface area (Å²) in [4.78, 5) is 18.7. The zero-order valence-corrected chi connectivity index (χ0v) is 12.1. The maximum absolute atomic E-state index is 12.7. The second-order valence-corrected chi connectivity index (χ2v) is 4.90. The fourth-order valence-corrected chi connectivity index (χ4v) is 2.38. The molecule has 0 unspecified atom stereocenters. The van der Waals surface area contributed by atoms with E-state index in [-0.39, 0.29) is 11.9 Å². The lowest BCUT2D eigenvalue weighted by atomic mass is 10.1. The summed E-state index contributed by atoms with van der Waals surface area (Å²) in [7, 11) is 0. The molecule has 2 rings (SSSR count). The third kappa shape index (κ3) is 2.44. The molecule has 0 aliphatic carbocycles. The van der Waals surface area contributed by atoms with Gasteiger partial charge in [0.05, 0.1) is 5.56 Å². The minimum atomic E-state index is -0.00484. The molecule has 0 radical (unpaired) electrons. The van der Waals surface area contributed by atoms with Crippen LogP contribution in [0.2, 0.25) is 0 Å². The van der Waals surface area contributed by atoms with Crippen molar-refractivity contribution in [3.8, 4) is 0 Å². The van der Waals surface area contributed by atoms with Gasteiger partial charge in [-0.15, -0.1) is 0 Å². The number of hydrazine groups is 1. The minimum Gasteiger partial charge on any atom is -0.336 e. The number of anilines is 1. The van der Waals surface area contributed by atoms with Gasteiger partial charge in [0.15, 0.2) is 0 Å². The molecule has 3 N–H and O–H groups in total. The number of benzene rings is 1. The zero-order valence-electron chi connectivity index (χ0n) is 12.1. The van der Waals surface area contributed by atoms with Crippen molar-refractivity contribution >= 4 is 22.5 Å². The monoisotopic (exact) mass is 272 g/mol. The number of nitrogen functional groups attached to an aromatic ring is 1. The van der Waals surface area contributed by atoms with Crippen LogP contribution in [0.4, 0.5) is 5.82 Å². The molecule has 2 aromatic rings. The van der Waals surface area contributed by atoms with Crippen LogP contribution in [0.5, 0.6) is 0 Å². The van der Waals surface area contributed by atoms with Crippen LogP contribution >= 0.6 is 0 Å². The summed E-state index contributed by atoms with van der Waals surface area (Å²) in [5.74, 6) is 6.04. The molecule has 1 aromatic heterocycles. The maximum Gasteiger partial charge on any atom is 0.256 e. The summed E-state index contributed by atoms with van der Waals surface area (Å²) in [5, 5.41) is 1.71. The van der Waals surface area contributed by atoms with Gasteiger partial charge in [0, 0.05) is 24.2 Å². The van der Waals surface area contributed by atoms with Crippen molar-refractivity contribution in [3.63, 3.8) is 0 Å². The highest BCUT2D eigenvalue weighted by molar-refractivity contribution is 6.09. The second-order valence-electron chi connectivity index (χ2n) is 4.90. The first-order valence-electron chi connectivity index (χ1n) is 6.75. The molecule has 0 saturated carbocycles. The molecule has 0 fully saturated rings. The standard InChI is InChI=1S/C15H20N4O/c1-4-19(10(2)3)15(20)13-9-17-14(18-16)12-8-6-5-7-11(12)13/h5-10H,4,16H2,1-3H3,(H,17,18). The molecule has 0 bridgehead atoms. The van der Waals surface area contributed by atoms with Gasteiger partial charge in [0.25, 0.3) is 5.91 Å². The highest BCUT2D eigenvalue weighted by Crippen LogP contribution is 2.25. The fourth-order valence-electron chi connectivity index (χ4n) is 2.38. The minimum absolute atomic E-state index is 0.00484. The number of aromatic nitrogens is 1. The Bertz CT molecular complexity index is 624. The normalized spacial score (nSPS) is 10.8. The van der Waals surface area contributed by atoms with Crippen molar-refractivity contribution in [2.45, 2.75) is 26.8 Å². The number of nitrogens with zero attached hydrogens (tertiary/aromatic N) is 2. The Hall–Kier alpha value is -2.14. The molecule has 0 aliphatic heterocycles. The molecule has 20 heavy (non-hydrogen) atoms. The SMILES string of the molecule is CCN(C(=O)c1cnc(NN)c2ccccc12)C(C)C. The predicted octanol–water partition coefficient (Wildman–Crippen LogP) is 2.39. The summed E-state index contributed by atoms with van der Waals surface area (Å²) in [6, 6.07) is 7.78. The molecule has 1 amide bonds. The van der Waals surface area contributed by atoms with Crippen molar-refractivity contribution in [2.75, 3.05) is 12.0 Å². The highest BCUT2D eigenvalue weighted by Gasteiger charge is 2.20. The van der Waals surface area contributed by atoms with E-state index in [1.165, 1.54) is 0 Å². The van der Waals surface area contributed by atoms with Crippen LogP contribution < -0.4 is 11.3 Å². The largest absolute Gasteiger partial charge is 0.336 e. The molecule has 1 aromatic carbocycles. The molecule has 1 heterocycles. The lowest BCUT2D eigenvalue weighted by Gasteiger charge is -2.25. The number of rotatable bonds is 4. The van der Waals surface area contributed by atoms with Crippen molar-refractivity contribution < 1.29 is 4.79 Å². The molecule has 106 valence electrons.